The standard InChI is InChI=1S/C22H25NO3/c1-21(2)11-12-22(3,4)18-16(21)9-10-17(19(18)24)23-13-14-5-7-15(8-6-14)20(25)26/h5-10,13,24H,11-12H2,1-4H3,(H,25,26). The number of carboxylic acids is 1. The summed E-state index contributed by atoms with van der Waals surface area (Å²) >= 11 is 0. The number of benzene rings is 2. The van der Waals surface area contributed by atoms with Gasteiger partial charge in [-0.3, -0.25) is 4.99 Å². The summed E-state index contributed by atoms with van der Waals surface area (Å²) in [7, 11) is 0. The number of carboxylic acid groups (broad SMARTS) is 1. The number of hydrogen-bond donors (Lipinski definition) is 2. The maximum atomic E-state index is 10.9. The summed E-state index contributed by atoms with van der Waals surface area (Å²) in [5.41, 5.74) is 3.69. The summed E-state index contributed by atoms with van der Waals surface area (Å²) in [5.74, 6) is -0.704. The van der Waals surface area contributed by atoms with Crippen molar-refractivity contribution in [3.63, 3.8) is 0 Å². The quantitative estimate of drug-likeness (QED) is 0.748. The van der Waals surface area contributed by atoms with Crippen LogP contribution < -0.4 is 0 Å². The van der Waals surface area contributed by atoms with Crippen molar-refractivity contribution in [2.24, 2.45) is 4.99 Å². The molecule has 0 saturated carbocycles. The molecule has 136 valence electrons. The Morgan fingerprint density at radius 2 is 1.62 bits per heavy atom. The molecular formula is C22H25NO3. The van der Waals surface area contributed by atoms with Crippen molar-refractivity contribution in [3.05, 3.63) is 58.7 Å². The molecule has 0 unspecified atom stereocenters. The molecule has 0 spiro atoms. The predicted octanol–water partition coefficient (Wildman–Crippen LogP) is 5.19. The first-order chi connectivity index (χ1) is 12.1. The first-order valence-electron chi connectivity index (χ1n) is 8.86. The van der Waals surface area contributed by atoms with Gasteiger partial charge in [-0.05, 0) is 53.0 Å². The molecule has 1 aliphatic rings. The predicted molar refractivity (Wildman–Crippen MR) is 104 cm³/mol. The van der Waals surface area contributed by atoms with Crippen molar-refractivity contribution in [3.8, 4) is 5.75 Å². The zero-order chi connectivity index (χ0) is 19.1. The van der Waals surface area contributed by atoms with Gasteiger partial charge in [-0.15, -0.1) is 0 Å². The fraction of sp³-hybridized carbons (Fsp3) is 0.364. The van der Waals surface area contributed by atoms with E-state index in [9.17, 15) is 9.90 Å². The summed E-state index contributed by atoms with van der Waals surface area (Å²) in [6, 6.07) is 10.4. The van der Waals surface area contributed by atoms with Crippen molar-refractivity contribution >= 4 is 17.9 Å². The molecule has 0 atom stereocenters. The highest BCUT2D eigenvalue weighted by Gasteiger charge is 2.39. The molecule has 1 aliphatic carbocycles. The van der Waals surface area contributed by atoms with Gasteiger partial charge in [0.1, 0.15) is 11.4 Å². The molecular weight excluding hydrogens is 326 g/mol. The Morgan fingerprint density at radius 3 is 2.23 bits per heavy atom. The van der Waals surface area contributed by atoms with Crippen LogP contribution in [-0.4, -0.2) is 22.4 Å². The number of fused-ring (bicyclic) bond motifs is 1. The maximum Gasteiger partial charge on any atom is 0.335 e. The SMILES string of the molecule is CC1(C)CCC(C)(C)c2c1ccc(N=Cc1ccc(C(=O)O)cc1)c2O. The minimum Gasteiger partial charge on any atom is -0.505 e. The van der Waals surface area contributed by atoms with Gasteiger partial charge in [-0.2, -0.15) is 0 Å². The van der Waals surface area contributed by atoms with E-state index in [1.54, 1.807) is 30.5 Å². The highest BCUT2D eigenvalue weighted by atomic mass is 16.4. The molecule has 0 aliphatic heterocycles. The van der Waals surface area contributed by atoms with Crippen LogP contribution in [-0.2, 0) is 10.8 Å². The first-order valence-corrected chi connectivity index (χ1v) is 8.86. The number of aromatic hydroxyl groups is 1. The largest absolute Gasteiger partial charge is 0.505 e. The molecule has 4 heteroatoms. The molecule has 2 aromatic carbocycles. The molecule has 0 amide bonds. The molecule has 2 N–H and O–H groups in total. The molecule has 0 radical (unpaired) electrons. The van der Waals surface area contributed by atoms with Gasteiger partial charge in [-0.25, -0.2) is 4.79 Å². The molecule has 3 rings (SSSR count). The summed E-state index contributed by atoms with van der Waals surface area (Å²) in [4.78, 5) is 15.4. The van der Waals surface area contributed by atoms with E-state index in [1.807, 2.05) is 6.07 Å². The van der Waals surface area contributed by atoms with Gasteiger partial charge in [0.15, 0.2) is 0 Å². The van der Waals surface area contributed by atoms with Gasteiger partial charge in [-0.1, -0.05) is 45.9 Å². The van der Waals surface area contributed by atoms with Gasteiger partial charge in [0, 0.05) is 11.8 Å². The molecule has 4 nitrogen and oxygen atoms in total. The van der Waals surface area contributed by atoms with E-state index in [0.29, 0.717) is 5.69 Å². The third-order valence-electron chi connectivity index (χ3n) is 5.45. The lowest BCUT2D eigenvalue weighted by Gasteiger charge is -2.42. The van der Waals surface area contributed by atoms with Gasteiger partial charge < -0.3 is 10.2 Å². The molecule has 0 saturated heterocycles. The van der Waals surface area contributed by atoms with Gasteiger partial charge in [0.2, 0.25) is 0 Å². The number of phenols is 1. The zero-order valence-corrected chi connectivity index (χ0v) is 15.7. The Labute approximate surface area is 154 Å². The average molecular weight is 351 g/mol. The fourth-order valence-electron chi connectivity index (χ4n) is 3.67. The van der Waals surface area contributed by atoms with Crippen LogP contribution in [0, 0.1) is 0 Å². The Bertz CT molecular complexity index is 877. The number of aromatic carboxylic acids is 1. The zero-order valence-electron chi connectivity index (χ0n) is 15.7. The molecule has 0 heterocycles. The summed E-state index contributed by atoms with van der Waals surface area (Å²) in [5, 5.41) is 19.9. The summed E-state index contributed by atoms with van der Waals surface area (Å²) in [6.07, 6.45) is 3.75. The fourth-order valence-corrected chi connectivity index (χ4v) is 3.67. The van der Waals surface area contributed by atoms with E-state index in [-0.39, 0.29) is 22.1 Å². The van der Waals surface area contributed by atoms with E-state index in [0.717, 1.165) is 24.0 Å². The average Bonchev–Trinajstić information content (AvgIpc) is 2.58. The Morgan fingerprint density at radius 1 is 1.00 bits per heavy atom. The van der Waals surface area contributed by atoms with E-state index >= 15 is 0 Å². The topological polar surface area (TPSA) is 69.9 Å². The Balaban J connectivity index is 1.98. The van der Waals surface area contributed by atoms with Crippen LogP contribution in [0.3, 0.4) is 0 Å². The minimum absolute atomic E-state index is 0.0389. The minimum atomic E-state index is -0.953. The highest BCUT2D eigenvalue weighted by molar-refractivity contribution is 5.89. The van der Waals surface area contributed by atoms with Crippen molar-refractivity contribution in [1.82, 2.24) is 0 Å². The first kappa shape index (κ1) is 18.2. The third kappa shape index (κ3) is 3.24. The molecule has 0 fully saturated rings. The number of phenolic OH excluding ortho intramolecular Hbond substituents is 1. The second kappa shape index (κ2) is 6.27. The normalized spacial score (nSPS) is 17.8. The van der Waals surface area contributed by atoms with Crippen molar-refractivity contribution < 1.29 is 15.0 Å². The number of hydrogen-bond acceptors (Lipinski definition) is 3. The van der Waals surface area contributed by atoms with Crippen LogP contribution in [0.1, 0.15) is 67.6 Å². The van der Waals surface area contributed by atoms with Crippen LogP contribution in [0.4, 0.5) is 5.69 Å². The van der Waals surface area contributed by atoms with Crippen LogP contribution in [0.15, 0.2) is 41.4 Å². The lowest BCUT2D eigenvalue weighted by atomic mass is 9.63. The number of carbonyl (C=O) groups is 1. The number of aliphatic imine (C=N–C) groups is 1. The van der Waals surface area contributed by atoms with Crippen LogP contribution >= 0.6 is 0 Å². The Kier molecular flexibility index (Phi) is 4.39. The van der Waals surface area contributed by atoms with E-state index in [4.69, 9.17) is 5.11 Å². The lowest BCUT2D eigenvalue weighted by Crippen LogP contribution is -2.33. The van der Waals surface area contributed by atoms with Gasteiger partial charge in [0.05, 0.1) is 5.56 Å². The third-order valence-corrected chi connectivity index (χ3v) is 5.45. The van der Waals surface area contributed by atoms with E-state index in [1.165, 1.54) is 5.56 Å². The molecule has 0 bridgehead atoms. The van der Waals surface area contributed by atoms with Gasteiger partial charge >= 0.3 is 5.97 Å². The highest BCUT2D eigenvalue weighted by Crippen LogP contribution is 2.51. The summed E-state index contributed by atoms with van der Waals surface area (Å²) < 4.78 is 0. The smallest absolute Gasteiger partial charge is 0.335 e. The Hall–Kier alpha value is -2.62. The number of rotatable bonds is 3. The molecule has 0 aromatic heterocycles. The van der Waals surface area contributed by atoms with Crippen molar-refractivity contribution in [2.45, 2.75) is 51.4 Å². The van der Waals surface area contributed by atoms with Crippen LogP contribution in [0.2, 0.25) is 0 Å². The second-order valence-electron chi connectivity index (χ2n) is 8.31. The van der Waals surface area contributed by atoms with Crippen molar-refractivity contribution in [1.29, 1.82) is 0 Å². The van der Waals surface area contributed by atoms with E-state index in [2.05, 4.69) is 38.8 Å². The van der Waals surface area contributed by atoms with Gasteiger partial charge in [0.25, 0.3) is 0 Å². The lowest BCUT2D eigenvalue weighted by molar-refractivity contribution is 0.0697. The number of nitrogens with zero attached hydrogens (tertiary/aromatic N) is 1. The summed E-state index contributed by atoms with van der Waals surface area (Å²) in [6.45, 7) is 8.76. The molecule has 2 aromatic rings. The monoisotopic (exact) mass is 351 g/mol. The molecule has 26 heavy (non-hydrogen) atoms. The van der Waals surface area contributed by atoms with Crippen LogP contribution in [0.25, 0.3) is 0 Å². The van der Waals surface area contributed by atoms with Crippen LogP contribution in [0.5, 0.6) is 5.75 Å². The van der Waals surface area contributed by atoms with Crippen molar-refractivity contribution in [2.75, 3.05) is 0 Å². The maximum absolute atomic E-state index is 10.9. The second-order valence-corrected chi connectivity index (χ2v) is 8.31. The van der Waals surface area contributed by atoms with E-state index < -0.39 is 5.97 Å².